The zero-order valence-electron chi connectivity index (χ0n) is 5.93. The number of rotatable bonds is 1. The molecule has 2 N–H and O–H groups in total. The predicted molar refractivity (Wildman–Crippen MR) is 36.2 cm³/mol. The van der Waals surface area contributed by atoms with E-state index in [0.29, 0.717) is 6.61 Å². The maximum Gasteiger partial charge on any atom is 0.147 e. The molecular formula is C6H9BO4. The van der Waals surface area contributed by atoms with Gasteiger partial charge in [0, 0.05) is 6.00 Å². The Morgan fingerprint density at radius 2 is 2.27 bits per heavy atom. The van der Waals surface area contributed by atoms with Crippen LogP contribution in [0.15, 0.2) is 0 Å². The first-order chi connectivity index (χ1) is 5.20. The molecule has 1 spiro atoms. The van der Waals surface area contributed by atoms with Crippen molar-refractivity contribution in [2.24, 2.45) is 0 Å². The number of epoxide rings is 1. The molecule has 0 aromatic rings. The average Bonchev–Trinajstić information content (AvgIpc) is 2.74. The van der Waals surface area contributed by atoms with Gasteiger partial charge in [-0.25, -0.2) is 0 Å². The van der Waals surface area contributed by atoms with Gasteiger partial charge in [0.2, 0.25) is 0 Å². The molecule has 2 aliphatic rings. The summed E-state index contributed by atoms with van der Waals surface area (Å²) in [6, 6.07) is -0.727. The molecule has 2 saturated heterocycles. The summed E-state index contributed by atoms with van der Waals surface area (Å²) in [6.07, 6.45) is -1.27. The van der Waals surface area contributed by atoms with Crippen LogP contribution >= 0.6 is 0 Å². The normalized spacial score (nSPS) is 55.3. The van der Waals surface area contributed by atoms with Gasteiger partial charge >= 0.3 is 0 Å². The van der Waals surface area contributed by atoms with E-state index in [0.717, 1.165) is 0 Å². The van der Waals surface area contributed by atoms with Gasteiger partial charge in [0.1, 0.15) is 25.7 Å². The van der Waals surface area contributed by atoms with Crippen LogP contribution < -0.4 is 0 Å². The zero-order valence-corrected chi connectivity index (χ0v) is 5.93. The lowest BCUT2D eigenvalue weighted by Gasteiger charge is -2.12. The van der Waals surface area contributed by atoms with E-state index in [4.69, 9.17) is 22.4 Å². The Morgan fingerprint density at radius 3 is 2.64 bits per heavy atom. The van der Waals surface area contributed by atoms with Gasteiger partial charge in [-0.05, 0) is 0 Å². The highest BCUT2D eigenvalue weighted by Crippen LogP contribution is 2.43. The minimum atomic E-state index is -0.806. The lowest BCUT2D eigenvalue weighted by Crippen LogP contribution is -2.38. The summed E-state index contributed by atoms with van der Waals surface area (Å²) in [5.41, 5.74) is -0.700. The topological polar surface area (TPSA) is 62.2 Å². The first-order valence-corrected chi connectivity index (χ1v) is 3.54. The van der Waals surface area contributed by atoms with E-state index in [9.17, 15) is 5.11 Å². The minimum absolute atomic E-state index is 0.162. The highest BCUT2D eigenvalue weighted by Gasteiger charge is 2.64. The van der Waals surface area contributed by atoms with E-state index < -0.39 is 23.8 Å². The summed E-state index contributed by atoms with van der Waals surface area (Å²) >= 11 is 0. The average molecular weight is 156 g/mol. The van der Waals surface area contributed by atoms with Crippen molar-refractivity contribution >= 4 is 7.85 Å². The van der Waals surface area contributed by atoms with Gasteiger partial charge in [0.25, 0.3) is 0 Å². The SMILES string of the molecule is [B][C@@H]1O[C@H](CO)[C@@]2(CO2)[C@H]1O. The fourth-order valence-corrected chi connectivity index (χ4v) is 1.49. The highest BCUT2D eigenvalue weighted by molar-refractivity contribution is 6.11. The van der Waals surface area contributed by atoms with Crippen molar-refractivity contribution in [2.45, 2.75) is 23.8 Å². The molecule has 60 valence electrons. The summed E-state index contributed by atoms with van der Waals surface area (Å²) < 4.78 is 10.1. The standard InChI is InChI=1S/C6H9BO4/c7-5-4(9)6(2-10-6)3(1-8)11-5/h3-5,8-9H,1-2H2/t3-,4+,5-,6+/m1/s1. The van der Waals surface area contributed by atoms with Crippen LogP contribution in [0.1, 0.15) is 0 Å². The van der Waals surface area contributed by atoms with Crippen LogP contribution in [0.2, 0.25) is 0 Å². The van der Waals surface area contributed by atoms with Crippen molar-refractivity contribution in [2.75, 3.05) is 13.2 Å². The molecule has 0 saturated carbocycles. The molecule has 0 aliphatic carbocycles. The minimum Gasteiger partial charge on any atom is -0.394 e. The third-order valence-corrected chi connectivity index (χ3v) is 2.32. The molecule has 0 unspecified atom stereocenters. The van der Waals surface area contributed by atoms with Gasteiger partial charge < -0.3 is 19.7 Å². The molecule has 0 aromatic carbocycles. The summed E-state index contributed by atoms with van der Waals surface area (Å²) in [4.78, 5) is 0. The van der Waals surface area contributed by atoms with Crippen molar-refractivity contribution in [3.05, 3.63) is 0 Å². The quantitative estimate of drug-likeness (QED) is 0.340. The predicted octanol–water partition coefficient (Wildman–Crippen LogP) is -2.00. The third kappa shape index (κ3) is 0.855. The van der Waals surface area contributed by atoms with Crippen molar-refractivity contribution in [1.29, 1.82) is 0 Å². The number of hydrogen-bond donors (Lipinski definition) is 2. The first-order valence-electron chi connectivity index (χ1n) is 3.54. The van der Waals surface area contributed by atoms with E-state index in [1.165, 1.54) is 0 Å². The van der Waals surface area contributed by atoms with Crippen molar-refractivity contribution < 1.29 is 19.7 Å². The van der Waals surface area contributed by atoms with Crippen molar-refractivity contribution in [3.63, 3.8) is 0 Å². The Labute approximate surface area is 65.5 Å². The van der Waals surface area contributed by atoms with Crippen LogP contribution in [0.4, 0.5) is 0 Å². The maximum atomic E-state index is 9.40. The number of aliphatic hydroxyl groups is 2. The molecular weight excluding hydrogens is 147 g/mol. The summed E-state index contributed by atoms with van der Waals surface area (Å²) in [7, 11) is 5.40. The monoisotopic (exact) mass is 156 g/mol. The van der Waals surface area contributed by atoms with E-state index in [1.54, 1.807) is 0 Å². The highest BCUT2D eigenvalue weighted by atomic mass is 16.7. The first kappa shape index (κ1) is 7.55. The Morgan fingerprint density at radius 1 is 1.64 bits per heavy atom. The zero-order chi connectivity index (χ0) is 8.06. The van der Waals surface area contributed by atoms with Crippen molar-refractivity contribution in [3.8, 4) is 0 Å². The second-order valence-electron chi connectivity index (χ2n) is 2.96. The Hall–Kier alpha value is -0.0951. The van der Waals surface area contributed by atoms with E-state index in [2.05, 4.69) is 0 Å². The smallest absolute Gasteiger partial charge is 0.147 e. The van der Waals surface area contributed by atoms with Crippen LogP contribution in [-0.4, -0.2) is 55.1 Å². The molecule has 0 amide bonds. The van der Waals surface area contributed by atoms with Gasteiger partial charge in [-0.3, -0.25) is 0 Å². The second-order valence-corrected chi connectivity index (χ2v) is 2.96. The van der Waals surface area contributed by atoms with Gasteiger partial charge in [-0.2, -0.15) is 0 Å². The third-order valence-electron chi connectivity index (χ3n) is 2.32. The summed E-state index contributed by atoms with van der Waals surface area (Å²) in [5.74, 6) is 0. The molecule has 2 rings (SSSR count). The maximum absolute atomic E-state index is 9.40. The van der Waals surface area contributed by atoms with Crippen LogP contribution in [-0.2, 0) is 9.47 Å². The lowest BCUT2D eigenvalue weighted by atomic mass is 9.88. The fourth-order valence-electron chi connectivity index (χ4n) is 1.49. The van der Waals surface area contributed by atoms with Crippen molar-refractivity contribution in [1.82, 2.24) is 0 Å². The molecule has 2 heterocycles. The van der Waals surface area contributed by atoms with Crippen LogP contribution in [0, 0.1) is 0 Å². The fraction of sp³-hybridized carbons (Fsp3) is 1.00. The molecule has 2 fully saturated rings. The van der Waals surface area contributed by atoms with Crippen LogP contribution in [0.5, 0.6) is 0 Å². The molecule has 4 atom stereocenters. The number of aliphatic hydroxyl groups excluding tert-OH is 2. The van der Waals surface area contributed by atoms with Gasteiger partial charge in [0.15, 0.2) is 0 Å². The Bertz CT molecular complexity index is 170. The summed E-state index contributed by atoms with van der Waals surface area (Å²) in [5, 5.41) is 18.2. The summed E-state index contributed by atoms with van der Waals surface area (Å²) in [6.45, 7) is 0.262. The van der Waals surface area contributed by atoms with E-state index in [1.807, 2.05) is 0 Å². The van der Waals surface area contributed by atoms with E-state index in [-0.39, 0.29) is 6.61 Å². The van der Waals surface area contributed by atoms with Crippen LogP contribution in [0.25, 0.3) is 0 Å². The lowest BCUT2D eigenvalue weighted by molar-refractivity contribution is 0.0173. The number of hydrogen-bond acceptors (Lipinski definition) is 4. The number of ether oxygens (including phenoxy) is 2. The van der Waals surface area contributed by atoms with Crippen LogP contribution in [0.3, 0.4) is 0 Å². The largest absolute Gasteiger partial charge is 0.394 e. The van der Waals surface area contributed by atoms with Gasteiger partial charge in [0.05, 0.1) is 13.2 Å². The van der Waals surface area contributed by atoms with Gasteiger partial charge in [-0.1, -0.05) is 0 Å². The molecule has 5 heteroatoms. The molecule has 0 aromatic heterocycles. The van der Waals surface area contributed by atoms with E-state index >= 15 is 0 Å². The molecule has 2 aliphatic heterocycles. The molecule has 0 bridgehead atoms. The molecule has 2 radical (unpaired) electrons. The van der Waals surface area contributed by atoms with Gasteiger partial charge in [-0.15, -0.1) is 0 Å². The Kier molecular flexibility index (Phi) is 1.51. The second kappa shape index (κ2) is 2.20. The molecule has 11 heavy (non-hydrogen) atoms. The molecule has 4 nitrogen and oxygen atoms in total. The Balaban J connectivity index is 2.15.